The maximum absolute atomic E-state index is 13.3. The van der Waals surface area contributed by atoms with E-state index in [0.29, 0.717) is 37.8 Å². The van der Waals surface area contributed by atoms with Crippen molar-refractivity contribution < 1.29 is 28.0 Å². The van der Waals surface area contributed by atoms with Crippen molar-refractivity contribution in [3.05, 3.63) is 64.7 Å². The van der Waals surface area contributed by atoms with Gasteiger partial charge in [0.1, 0.15) is 0 Å². The molecule has 0 bridgehead atoms. The molecule has 1 aliphatic heterocycles. The number of carbonyl (C=O) groups is 2. The Hall–Kier alpha value is -2.87. The summed E-state index contributed by atoms with van der Waals surface area (Å²) < 4.78 is 39.1. The van der Waals surface area contributed by atoms with Gasteiger partial charge in [0.05, 0.1) is 11.0 Å². The molecule has 2 aliphatic rings. The van der Waals surface area contributed by atoms with E-state index in [2.05, 4.69) is 0 Å². The Morgan fingerprint density at radius 1 is 1.14 bits per heavy atom. The quantitative estimate of drug-likeness (QED) is 0.592. The molecule has 1 saturated heterocycles. The molecular formula is C21H19F3N2O3. The molecule has 1 atom stereocenters. The van der Waals surface area contributed by atoms with E-state index >= 15 is 0 Å². The number of nitrogens with zero attached hydrogens (tertiary/aromatic N) is 1. The van der Waals surface area contributed by atoms with Gasteiger partial charge in [-0.05, 0) is 61.1 Å². The van der Waals surface area contributed by atoms with Gasteiger partial charge in [-0.15, -0.1) is 0 Å². The SMILES string of the molecule is O=C(NO)c1cccc2c1CCC1(CCN(c3cccc(C(F)(F)F)c3)C1=O)C2. The van der Waals surface area contributed by atoms with E-state index in [9.17, 15) is 22.8 Å². The first kappa shape index (κ1) is 19.4. The number of fused-ring (bicyclic) bond motifs is 1. The molecule has 1 unspecified atom stereocenters. The fourth-order valence-electron chi connectivity index (χ4n) is 4.50. The van der Waals surface area contributed by atoms with E-state index in [1.165, 1.54) is 17.0 Å². The Bertz CT molecular complexity index is 989. The summed E-state index contributed by atoms with van der Waals surface area (Å²) in [5.41, 5.74) is 2.46. The molecule has 152 valence electrons. The van der Waals surface area contributed by atoms with Crippen LogP contribution in [0.2, 0.25) is 0 Å². The summed E-state index contributed by atoms with van der Waals surface area (Å²) in [5.74, 6) is -0.777. The van der Waals surface area contributed by atoms with Gasteiger partial charge in [0, 0.05) is 17.8 Å². The number of hydrogen-bond donors (Lipinski definition) is 2. The van der Waals surface area contributed by atoms with E-state index in [1.807, 2.05) is 6.07 Å². The molecule has 29 heavy (non-hydrogen) atoms. The smallest absolute Gasteiger partial charge is 0.312 e. The van der Waals surface area contributed by atoms with Crippen LogP contribution in [0.25, 0.3) is 0 Å². The monoisotopic (exact) mass is 404 g/mol. The molecule has 8 heteroatoms. The molecule has 1 aliphatic carbocycles. The van der Waals surface area contributed by atoms with E-state index < -0.39 is 23.1 Å². The van der Waals surface area contributed by atoms with Gasteiger partial charge in [0.2, 0.25) is 5.91 Å². The lowest BCUT2D eigenvalue weighted by Crippen LogP contribution is -2.39. The van der Waals surface area contributed by atoms with Crippen LogP contribution in [0.5, 0.6) is 0 Å². The lowest BCUT2D eigenvalue weighted by atomic mass is 9.69. The average Bonchev–Trinajstić information content (AvgIpc) is 3.02. The summed E-state index contributed by atoms with van der Waals surface area (Å²) in [6.45, 7) is 0.353. The lowest BCUT2D eigenvalue weighted by molar-refractivity contribution is -0.137. The molecular weight excluding hydrogens is 385 g/mol. The molecule has 0 aromatic heterocycles. The molecule has 2 amide bonds. The van der Waals surface area contributed by atoms with Crippen molar-refractivity contribution in [3.63, 3.8) is 0 Å². The number of rotatable bonds is 2. The van der Waals surface area contributed by atoms with E-state index in [-0.39, 0.29) is 11.6 Å². The summed E-state index contributed by atoms with van der Waals surface area (Å²) in [6, 6.07) is 10.0. The molecule has 0 radical (unpaired) electrons. The van der Waals surface area contributed by atoms with Crippen LogP contribution in [0, 0.1) is 5.41 Å². The zero-order valence-electron chi connectivity index (χ0n) is 15.4. The second kappa shape index (κ2) is 6.88. The van der Waals surface area contributed by atoms with Crippen LogP contribution in [0.15, 0.2) is 42.5 Å². The second-order valence-corrected chi connectivity index (χ2v) is 7.60. The summed E-state index contributed by atoms with van der Waals surface area (Å²) in [6.07, 6.45) is -2.52. The third-order valence-electron chi connectivity index (χ3n) is 6.00. The third-order valence-corrected chi connectivity index (χ3v) is 6.00. The first-order valence-electron chi connectivity index (χ1n) is 9.30. The predicted molar refractivity (Wildman–Crippen MR) is 98.6 cm³/mol. The zero-order valence-corrected chi connectivity index (χ0v) is 15.4. The van der Waals surface area contributed by atoms with Gasteiger partial charge in [-0.3, -0.25) is 14.8 Å². The van der Waals surface area contributed by atoms with Crippen molar-refractivity contribution in [2.45, 2.75) is 31.9 Å². The molecule has 5 nitrogen and oxygen atoms in total. The minimum atomic E-state index is -4.47. The van der Waals surface area contributed by atoms with Gasteiger partial charge in [-0.1, -0.05) is 18.2 Å². The number of amides is 2. The highest BCUT2D eigenvalue weighted by Gasteiger charge is 2.49. The largest absolute Gasteiger partial charge is 0.416 e. The maximum atomic E-state index is 13.3. The van der Waals surface area contributed by atoms with Crippen LogP contribution >= 0.6 is 0 Å². The highest BCUT2D eigenvalue weighted by atomic mass is 19.4. The zero-order chi connectivity index (χ0) is 20.8. The van der Waals surface area contributed by atoms with Gasteiger partial charge < -0.3 is 4.90 Å². The highest BCUT2D eigenvalue weighted by Crippen LogP contribution is 2.46. The number of carbonyl (C=O) groups excluding carboxylic acids is 2. The number of halogens is 3. The maximum Gasteiger partial charge on any atom is 0.416 e. The van der Waals surface area contributed by atoms with Crippen molar-refractivity contribution in [2.24, 2.45) is 5.41 Å². The molecule has 1 heterocycles. The van der Waals surface area contributed by atoms with E-state index in [0.717, 1.165) is 23.3 Å². The summed E-state index contributed by atoms with van der Waals surface area (Å²) in [5, 5.41) is 8.94. The van der Waals surface area contributed by atoms with Crippen molar-refractivity contribution in [2.75, 3.05) is 11.4 Å². The molecule has 2 N–H and O–H groups in total. The number of alkyl halides is 3. The van der Waals surface area contributed by atoms with Crippen LogP contribution in [0.3, 0.4) is 0 Å². The normalized spacial score (nSPS) is 21.4. The van der Waals surface area contributed by atoms with Crippen molar-refractivity contribution >= 4 is 17.5 Å². The van der Waals surface area contributed by atoms with Crippen LogP contribution in [-0.4, -0.2) is 23.6 Å². The lowest BCUT2D eigenvalue weighted by Gasteiger charge is -2.34. The molecule has 2 aromatic rings. The summed E-state index contributed by atoms with van der Waals surface area (Å²) in [7, 11) is 0. The molecule has 2 aromatic carbocycles. The Morgan fingerprint density at radius 3 is 2.62 bits per heavy atom. The molecule has 0 saturated carbocycles. The van der Waals surface area contributed by atoms with Gasteiger partial charge in [0.25, 0.3) is 5.91 Å². The number of benzene rings is 2. The van der Waals surface area contributed by atoms with Crippen LogP contribution in [0.1, 0.15) is 39.9 Å². The van der Waals surface area contributed by atoms with Crippen LogP contribution in [-0.2, 0) is 23.8 Å². The molecule has 1 spiro atoms. The van der Waals surface area contributed by atoms with Crippen LogP contribution < -0.4 is 10.4 Å². The van der Waals surface area contributed by atoms with Crippen LogP contribution in [0.4, 0.5) is 18.9 Å². The Balaban J connectivity index is 1.63. The third kappa shape index (κ3) is 3.27. The predicted octanol–water partition coefficient (Wildman–Crippen LogP) is 3.74. The minimum Gasteiger partial charge on any atom is -0.312 e. The second-order valence-electron chi connectivity index (χ2n) is 7.60. The summed E-state index contributed by atoms with van der Waals surface area (Å²) >= 11 is 0. The van der Waals surface area contributed by atoms with Gasteiger partial charge in [-0.2, -0.15) is 13.2 Å². The Labute approximate surface area is 165 Å². The fourth-order valence-corrected chi connectivity index (χ4v) is 4.50. The molecule has 4 rings (SSSR count). The minimum absolute atomic E-state index is 0.181. The first-order valence-corrected chi connectivity index (χ1v) is 9.30. The fraction of sp³-hybridized carbons (Fsp3) is 0.333. The number of hydroxylamine groups is 1. The van der Waals surface area contributed by atoms with Crippen molar-refractivity contribution in [1.82, 2.24) is 5.48 Å². The Kier molecular flexibility index (Phi) is 4.61. The number of hydrogen-bond acceptors (Lipinski definition) is 3. The Morgan fingerprint density at radius 2 is 1.90 bits per heavy atom. The first-order chi connectivity index (χ1) is 13.7. The van der Waals surface area contributed by atoms with E-state index in [1.54, 1.807) is 17.6 Å². The number of anilines is 1. The topological polar surface area (TPSA) is 69.6 Å². The number of nitrogens with one attached hydrogen (secondary N) is 1. The van der Waals surface area contributed by atoms with Crippen molar-refractivity contribution in [3.8, 4) is 0 Å². The standard InChI is InChI=1S/C21H19F3N2O3/c22-21(23,24)14-4-2-5-15(11-14)26-10-9-20(19(26)28)8-7-16-13(12-20)3-1-6-17(16)18(27)25-29/h1-6,11,29H,7-10,12H2,(H,25,27). The molecule has 1 fully saturated rings. The highest BCUT2D eigenvalue weighted by molar-refractivity contribution is 6.01. The van der Waals surface area contributed by atoms with Gasteiger partial charge in [0.15, 0.2) is 0 Å². The summed E-state index contributed by atoms with van der Waals surface area (Å²) in [4.78, 5) is 26.6. The van der Waals surface area contributed by atoms with Gasteiger partial charge in [-0.25, -0.2) is 5.48 Å². The average molecular weight is 404 g/mol. The van der Waals surface area contributed by atoms with Gasteiger partial charge >= 0.3 is 6.18 Å². The van der Waals surface area contributed by atoms with Crippen molar-refractivity contribution in [1.29, 1.82) is 0 Å². The van der Waals surface area contributed by atoms with E-state index in [4.69, 9.17) is 5.21 Å².